The largest absolute Gasteiger partial charge is 0.312 e. The van der Waals surface area contributed by atoms with Crippen LogP contribution in [0.2, 0.25) is 0 Å². The van der Waals surface area contributed by atoms with Crippen molar-refractivity contribution in [2.45, 2.75) is 30.2 Å². The normalized spacial score (nSPS) is 15.7. The average molecular weight is 409 g/mol. The van der Waals surface area contributed by atoms with Gasteiger partial charge in [0, 0.05) is 25.1 Å². The second-order valence-electron chi connectivity index (χ2n) is 7.12. The van der Waals surface area contributed by atoms with Crippen molar-refractivity contribution in [2.75, 3.05) is 5.32 Å². The Kier molecular flexibility index (Phi) is 5.24. The number of rotatable bonds is 4. The SMILES string of the molecule is Cc1ccc(CSc2nc(=O)c3c(n2C)NC(=O)CC3c2ccccc2F)cc1. The number of halogens is 1. The first-order valence-corrected chi connectivity index (χ1v) is 10.3. The molecule has 2 heterocycles. The molecule has 1 atom stereocenters. The van der Waals surface area contributed by atoms with Crippen LogP contribution in [0.25, 0.3) is 0 Å². The maximum atomic E-state index is 14.4. The van der Waals surface area contributed by atoms with Gasteiger partial charge in [-0.1, -0.05) is 59.8 Å². The summed E-state index contributed by atoms with van der Waals surface area (Å²) in [5, 5.41) is 3.29. The number of fused-ring (bicyclic) bond motifs is 1. The molecule has 1 aliphatic heterocycles. The molecule has 1 amide bonds. The molecule has 1 N–H and O–H groups in total. The van der Waals surface area contributed by atoms with E-state index >= 15 is 0 Å². The minimum absolute atomic E-state index is 0.0146. The standard InChI is InChI=1S/C22H20FN3O2S/c1-13-7-9-14(10-8-13)12-29-22-25-21(28)19-16(15-5-3-4-6-17(15)23)11-18(27)24-20(19)26(22)2/h3-10,16H,11-12H2,1-2H3,(H,24,27). The van der Waals surface area contributed by atoms with Crippen molar-refractivity contribution in [1.82, 2.24) is 9.55 Å². The Balaban J connectivity index is 1.72. The Morgan fingerprint density at radius 3 is 2.62 bits per heavy atom. The fourth-order valence-corrected chi connectivity index (χ4v) is 4.44. The van der Waals surface area contributed by atoms with E-state index in [1.54, 1.807) is 29.8 Å². The number of hydrogen-bond donors (Lipinski definition) is 1. The molecular weight excluding hydrogens is 389 g/mol. The number of anilines is 1. The molecule has 0 radical (unpaired) electrons. The van der Waals surface area contributed by atoms with Crippen LogP contribution in [0.3, 0.4) is 0 Å². The molecule has 0 spiro atoms. The summed E-state index contributed by atoms with van der Waals surface area (Å²) in [4.78, 5) is 29.5. The van der Waals surface area contributed by atoms with E-state index in [0.717, 1.165) is 5.56 Å². The molecule has 1 aliphatic rings. The number of benzene rings is 2. The van der Waals surface area contributed by atoms with E-state index < -0.39 is 17.3 Å². The van der Waals surface area contributed by atoms with Crippen LogP contribution in [0.5, 0.6) is 0 Å². The molecule has 1 aromatic heterocycles. The van der Waals surface area contributed by atoms with Gasteiger partial charge in [0.05, 0.1) is 5.56 Å². The van der Waals surface area contributed by atoms with Crippen LogP contribution in [0.4, 0.5) is 10.2 Å². The maximum absolute atomic E-state index is 14.4. The van der Waals surface area contributed by atoms with Gasteiger partial charge in [-0.05, 0) is 24.1 Å². The van der Waals surface area contributed by atoms with Crippen molar-refractivity contribution in [3.05, 3.63) is 87.0 Å². The molecule has 0 aliphatic carbocycles. The highest BCUT2D eigenvalue weighted by molar-refractivity contribution is 7.98. The van der Waals surface area contributed by atoms with Crippen LogP contribution < -0.4 is 10.9 Å². The van der Waals surface area contributed by atoms with Gasteiger partial charge in [0.1, 0.15) is 11.6 Å². The van der Waals surface area contributed by atoms with Crippen molar-refractivity contribution in [2.24, 2.45) is 7.05 Å². The van der Waals surface area contributed by atoms with Crippen molar-refractivity contribution in [1.29, 1.82) is 0 Å². The van der Waals surface area contributed by atoms with Gasteiger partial charge in [0.25, 0.3) is 5.56 Å². The summed E-state index contributed by atoms with van der Waals surface area (Å²) in [5.41, 5.74) is 2.53. The lowest BCUT2D eigenvalue weighted by Crippen LogP contribution is -2.33. The van der Waals surface area contributed by atoms with E-state index in [-0.39, 0.29) is 12.3 Å². The molecule has 5 nitrogen and oxygen atoms in total. The zero-order valence-corrected chi connectivity index (χ0v) is 16.9. The zero-order valence-electron chi connectivity index (χ0n) is 16.1. The van der Waals surface area contributed by atoms with Gasteiger partial charge in [-0.2, -0.15) is 4.98 Å². The van der Waals surface area contributed by atoms with Crippen molar-refractivity contribution in [3.8, 4) is 0 Å². The Morgan fingerprint density at radius 2 is 1.90 bits per heavy atom. The van der Waals surface area contributed by atoms with E-state index in [2.05, 4.69) is 10.3 Å². The quantitative estimate of drug-likeness (QED) is 0.523. The zero-order chi connectivity index (χ0) is 20.5. The second kappa shape index (κ2) is 7.83. The number of nitrogens with zero attached hydrogens (tertiary/aromatic N) is 2. The number of amides is 1. The smallest absolute Gasteiger partial charge is 0.279 e. The summed E-state index contributed by atoms with van der Waals surface area (Å²) < 4.78 is 16.1. The predicted octanol–water partition coefficient (Wildman–Crippen LogP) is 3.99. The average Bonchev–Trinajstić information content (AvgIpc) is 2.70. The first-order chi connectivity index (χ1) is 13.9. The van der Waals surface area contributed by atoms with Crippen LogP contribution in [-0.4, -0.2) is 15.5 Å². The number of nitrogens with one attached hydrogen (secondary N) is 1. The summed E-state index contributed by atoms with van der Waals surface area (Å²) in [6.45, 7) is 2.03. The van der Waals surface area contributed by atoms with Gasteiger partial charge in [0.15, 0.2) is 5.16 Å². The van der Waals surface area contributed by atoms with Crippen LogP contribution in [0.15, 0.2) is 58.5 Å². The number of hydrogen-bond acceptors (Lipinski definition) is 4. The Bertz CT molecular complexity index is 1140. The number of aryl methyl sites for hydroxylation is 1. The van der Waals surface area contributed by atoms with Crippen LogP contribution in [0, 0.1) is 12.7 Å². The van der Waals surface area contributed by atoms with Gasteiger partial charge in [0.2, 0.25) is 5.91 Å². The first kappa shape index (κ1) is 19.4. The molecule has 0 saturated heterocycles. The fourth-order valence-electron chi connectivity index (χ4n) is 3.52. The van der Waals surface area contributed by atoms with Crippen LogP contribution in [0.1, 0.15) is 34.6 Å². The summed E-state index contributed by atoms with van der Waals surface area (Å²) >= 11 is 1.42. The Hall–Kier alpha value is -2.93. The van der Waals surface area contributed by atoms with Gasteiger partial charge in [-0.3, -0.25) is 9.59 Å². The molecule has 4 rings (SSSR count). The highest BCUT2D eigenvalue weighted by atomic mass is 32.2. The highest BCUT2D eigenvalue weighted by Gasteiger charge is 2.33. The molecule has 2 aromatic carbocycles. The predicted molar refractivity (Wildman–Crippen MR) is 112 cm³/mol. The van der Waals surface area contributed by atoms with Crippen molar-refractivity contribution < 1.29 is 9.18 Å². The fraction of sp³-hybridized carbons (Fsp3) is 0.227. The summed E-state index contributed by atoms with van der Waals surface area (Å²) in [6, 6.07) is 14.4. The third kappa shape index (κ3) is 3.82. The highest BCUT2D eigenvalue weighted by Crippen LogP contribution is 2.37. The molecule has 29 heavy (non-hydrogen) atoms. The van der Waals surface area contributed by atoms with E-state index in [4.69, 9.17) is 0 Å². The lowest BCUT2D eigenvalue weighted by Gasteiger charge is -2.27. The van der Waals surface area contributed by atoms with Crippen molar-refractivity contribution in [3.63, 3.8) is 0 Å². The molecule has 3 aromatic rings. The Labute approximate surface area is 172 Å². The number of carbonyl (C=O) groups excluding carboxylic acids is 1. The van der Waals surface area contributed by atoms with Crippen molar-refractivity contribution >= 4 is 23.5 Å². The molecule has 148 valence electrons. The van der Waals surface area contributed by atoms with E-state index in [0.29, 0.717) is 27.9 Å². The second-order valence-corrected chi connectivity index (χ2v) is 8.06. The number of thioether (sulfide) groups is 1. The minimum atomic E-state index is -0.651. The number of aromatic nitrogens is 2. The van der Waals surface area contributed by atoms with E-state index in [9.17, 15) is 14.0 Å². The third-order valence-electron chi connectivity index (χ3n) is 5.07. The maximum Gasteiger partial charge on any atom is 0.279 e. The summed E-state index contributed by atoms with van der Waals surface area (Å²) in [7, 11) is 1.76. The molecule has 0 bridgehead atoms. The van der Waals surface area contributed by atoms with Crippen LogP contribution >= 0.6 is 11.8 Å². The molecule has 0 fully saturated rings. The van der Waals surface area contributed by atoms with Gasteiger partial charge in [-0.15, -0.1) is 0 Å². The number of carbonyl (C=O) groups is 1. The molecule has 0 saturated carbocycles. The van der Waals surface area contributed by atoms with Gasteiger partial charge < -0.3 is 9.88 Å². The summed E-state index contributed by atoms with van der Waals surface area (Å²) in [6.07, 6.45) is 0.0146. The van der Waals surface area contributed by atoms with Gasteiger partial charge in [-0.25, -0.2) is 4.39 Å². The molecular formula is C22H20FN3O2S. The monoisotopic (exact) mass is 409 g/mol. The first-order valence-electron chi connectivity index (χ1n) is 9.27. The van der Waals surface area contributed by atoms with E-state index in [1.165, 1.54) is 23.4 Å². The lowest BCUT2D eigenvalue weighted by molar-refractivity contribution is -0.116. The van der Waals surface area contributed by atoms with Crippen LogP contribution in [-0.2, 0) is 17.6 Å². The third-order valence-corrected chi connectivity index (χ3v) is 6.17. The van der Waals surface area contributed by atoms with Gasteiger partial charge >= 0.3 is 0 Å². The topological polar surface area (TPSA) is 64.0 Å². The lowest BCUT2D eigenvalue weighted by atomic mass is 9.86. The summed E-state index contributed by atoms with van der Waals surface area (Å²) in [5.74, 6) is -0.299. The molecule has 1 unspecified atom stereocenters. The molecule has 7 heteroatoms. The van der Waals surface area contributed by atoms with E-state index in [1.807, 2.05) is 31.2 Å². The minimum Gasteiger partial charge on any atom is -0.312 e. The Morgan fingerprint density at radius 1 is 1.17 bits per heavy atom.